The maximum Gasteiger partial charge on any atom is 0.387 e. The number of halogens is 3. The Morgan fingerprint density at radius 1 is 1.13 bits per heavy atom. The van der Waals surface area contributed by atoms with Crippen LogP contribution in [0.15, 0.2) is 53.5 Å². The molecule has 1 saturated heterocycles. The number of hydrogen-bond donors (Lipinski definition) is 2. The fourth-order valence-corrected chi connectivity index (χ4v) is 3.85. The molecule has 1 fully saturated rings. The first kappa shape index (κ1) is 22.9. The first-order valence-corrected chi connectivity index (χ1v) is 10.5. The summed E-state index contributed by atoms with van der Waals surface area (Å²) < 4.78 is 43.8. The Kier molecular flexibility index (Phi) is 8.17. The van der Waals surface area contributed by atoms with Gasteiger partial charge in [-0.3, -0.25) is 9.89 Å². The first-order chi connectivity index (χ1) is 15.0. The van der Waals surface area contributed by atoms with Crippen LogP contribution in [0.3, 0.4) is 0 Å². The lowest BCUT2D eigenvalue weighted by molar-refractivity contribution is -0.0506. The molecule has 0 amide bonds. The summed E-state index contributed by atoms with van der Waals surface area (Å²) in [6, 6.07) is 14.9. The zero-order valence-electron chi connectivity index (χ0n) is 17.8. The normalized spacial score (nSPS) is 16.9. The van der Waals surface area contributed by atoms with Crippen LogP contribution in [0.1, 0.15) is 36.9 Å². The van der Waals surface area contributed by atoms with E-state index in [0.717, 1.165) is 25.9 Å². The monoisotopic (exact) mass is 434 g/mol. The Morgan fingerprint density at radius 3 is 2.48 bits per heavy atom. The van der Waals surface area contributed by atoms with Gasteiger partial charge < -0.3 is 15.4 Å². The van der Waals surface area contributed by atoms with Crippen LogP contribution in [-0.2, 0) is 6.54 Å². The summed E-state index contributed by atoms with van der Waals surface area (Å²) in [7, 11) is 1.62. The predicted molar refractivity (Wildman–Crippen MR) is 116 cm³/mol. The van der Waals surface area contributed by atoms with Crippen LogP contribution in [0.5, 0.6) is 5.75 Å². The highest BCUT2D eigenvalue weighted by Crippen LogP contribution is 2.25. The molecule has 0 aromatic heterocycles. The number of rotatable bonds is 7. The minimum Gasteiger partial charge on any atom is -0.434 e. The van der Waals surface area contributed by atoms with Crippen molar-refractivity contribution < 1.29 is 17.9 Å². The summed E-state index contributed by atoms with van der Waals surface area (Å²) in [5, 5.41) is 6.36. The van der Waals surface area contributed by atoms with Gasteiger partial charge in [0.25, 0.3) is 0 Å². The molecule has 0 aliphatic carbocycles. The number of nitrogens with zero attached hydrogens (tertiary/aromatic N) is 2. The summed E-state index contributed by atoms with van der Waals surface area (Å²) in [5.41, 5.74) is 1.34. The van der Waals surface area contributed by atoms with Crippen LogP contribution in [0, 0.1) is 5.82 Å². The Bertz CT molecular complexity index is 855. The van der Waals surface area contributed by atoms with Crippen LogP contribution in [0.4, 0.5) is 13.2 Å². The van der Waals surface area contributed by atoms with Crippen molar-refractivity contribution in [2.45, 2.75) is 45.0 Å². The fraction of sp³-hybridized carbons (Fsp3) is 0.435. The molecule has 2 aromatic carbocycles. The number of nitrogens with one attached hydrogen (secondary N) is 2. The van der Waals surface area contributed by atoms with Crippen LogP contribution in [0.25, 0.3) is 0 Å². The molecule has 0 spiro atoms. The molecule has 31 heavy (non-hydrogen) atoms. The Morgan fingerprint density at radius 2 is 1.84 bits per heavy atom. The minimum absolute atomic E-state index is 0.0156. The van der Waals surface area contributed by atoms with Crippen LogP contribution in [-0.4, -0.2) is 43.6 Å². The second-order valence-electron chi connectivity index (χ2n) is 7.56. The zero-order chi connectivity index (χ0) is 22.2. The minimum atomic E-state index is -3.01. The molecule has 2 N–H and O–H groups in total. The van der Waals surface area contributed by atoms with Crippen molar-refractivity contribution in [1.29, 1.82) is 0 Å². The fourth-order valence-electron chi connectivity index (χ4n) is 3.85. The molecular weight excluding hydrogens is 405 g/mol. The highest BCUT2D eigenvalue weighted by molar-refractivity contribution is 5.80. The summed E-state index contributed by atoms with van der Waals surface area (Å²) in [6.07, 6.45) is 1.88. The van der Waals surface area contributed by atoms with Crippen LogP contribution >= 0.6 is 0 Å². The lowest BCUT2D eigenvalue weighted by Gasteiger charge is -2.37. The van der Waals surface area contributed by atoms with Crippen molar-refractivity contribution >= 4 is 5.96 Å². The molecule has 1 aliphatic heterocycles. The summed E-state index contributed by atoms with van der Waals surface area (Å²) >= 11 is 0. The van der Waals surface area contributed by atoms with Gasteiger partial charge in [0.15, 0.2) is 5.96 Å². The van der Waals surface area contributed by atoms with Gasteiger partial charge in [0.1, 0.15) is 11.6 Å². The van der Waals surface area contributed by atoms with Crippen LogP contribution in [0.2, 0.25) is 0 Å². The highest BCUT2D eigenvalue weighted by Gasteiger charge is 2.24. The standard InChI is InChI=1S/C23H29F3N4O/c1-16(17-7-4-3-5-8-17)30-13-11-18(12-14-30)29-23(27-2)28-15-19-20(24)9-6-10-21(19)31-22(25)26/h3-10,16,18,22H,11-15H2,1-2H3,(H2,27,28,29). The molecule has 1 heterocycles. The van der Waals surface area contributed by atoms with Crippen molar-refractivity contribution in [3.8, 4) is 5.75 Å². The van der Waals surface area contributed by atoms with Gasteiger partial charge in [-0.15, -0.1) is 0 Å². The highest BCUT2D eigenvalue weighted by atomic mass is 19.3. The molecule has 2 aromatic rings. The molecule has 1 atom stereocenters. The van der Waals surface area contributed by atoms with Crippen molar-refractivity contribution in [1.82, 2.24) is 15.5 Å². The molecule has 3 rings (SSSR count). The lowest BCUT2D eigenvalue weighted by atomic mass is 10.0. The van der Waals surface area contributed by atoms with Crippen molar-refractivity contribution in [2.24, 2.45) is 4.99 Å². The second kappa shape index (κ2) is 11.0. The maximum absolute atomic E-state index is 14.1. The van der Waals surface area contributed by atoms with Crippen molar-refractivity contribution in [3.63, 3.8) is 0 Å². The topological polar surface area (TPSA) is 48.9 Å². The third-order valence-corrected chi connectivity index (χ3v) is 5.65. The van der Waals surface area contributed by atoms with Gasteiger partial charge in [-0.2, -0.15) is 8.78 Å². The number of benzene rings is 2. The summed E-state index contributed by atoms with van der Waals surface area (Å²) in [6.45, 7) is 1.09. The zero-order valence-corrected chi connectivity index (χ0v) is 17.8. The Hall–Kier alpha value is -2.74. The Labute approximate surface area is 181 Å². The predicted octanol–water partition coefficient (Wildman–Crippen LogP) is 4.32. The molecule has 168 valence electrons. The third kappa shape index (κ3) is 6.37. The van der Waals surface area contributed by atoms with E-state index in [-0.39, 0.29) is 23.9 Å². The molecule has 1 unspecified atom stereocenters. The quantitative estimate of drug-likeness (QED) is 0.504. The lowest BCUT2D eigenvalue weighted by Crippen LogP contribution is -2.48. The molecule has 0 bridgehead atoms. The van der Waals surface area contributed by atoms with E-state index >= 15 is 0 Å². The van der Waals surface area contributed by atoms with E-state index in [0.29, 0.717) is 12.0 Å². The number of likely N-dealkylation sites (tertiary alicyclic amines) is 1. The van der Waals surface area contributed by atoms with Gasteiger partial charge in [-0.25, -0.2) is 4.39 Å². The number of alkyl halides is 2. The average Bonchev–Trinajstić information content (AvgIpc) is 2.78. The van der Waals surface area contributed by atoms with E-state index in [4.69, 9.17) is 0 Å². The van der Waals surface area contributed by atoms with E-state index in [2.05, 4.69) is 56.5 Å². The first-order valence-electron chi connectivity index (χ1n) is 10.5. The molecular formula is C23H29F3N4O. The smallest absolute Gasteiger partial charge is 0.387 e. The Balaban J connectivity index is 1.52. The summed E-state index contributed by atoms with van der Waals surface area (Å²) in [5.74, 6) is -0.286. The molecule has 5 nitrogen and oxygen atoms in total. The van der Waals surface area contributed by atoms with Crippen molar-refractivity contribution in [2.75, 3.05) is 20.1 Å². The van der Waals surface area contributed by atoms with E-state index < -0.39 is 12.4 Å². The number of ether oxygens (including phenoxy) is 1. The number of hydrogen-bond acceptors (Lipinski definition) is 3. The number of guanidine groups is 1. The maximum atomic E-state index is 14.1. The second-order valence-corrected chi connectivity index (χ2v) is 7.56. The summed E-state index contributed by atoms with van der Waals surface area (Å²) in [4.78, 5) is 6.64. The SMILES string of the molecule is CN=C(NCc1c(F)cccc1OC(F)F)NC1CCN(C(C)c2ccccc2)CC1. The van der Waals surface area contributed by atoms with Crippen molar-refractivity contribution in [3.05, 3.63) is 65.5 Å². The molecule has 1 aliphatic rings. The average molecular weight is 435 g/mol. The number of aliphatic imine (C=N–C) groups is 1. The molecule has 0 radical (unpaired) electrons. The van der Waals surface area contributed by atoms with E-state index in [9.17, 15) is 13.2 Å². The molecule has 8 heteroatoms. The van der Waals surface area contributed by atoms with Gasteiger partial charge >= 0.3 is 6.61 Å². The van der Waals surface area contributed by atoms with E-state index in [1.807, 2.05) is 6.07 Å². The number of piperidine rings is 1. The van der Waals surface area contributed by atoms with Gasteiger partial charge in [-0.1, -0.05) is 36.4 Å². The largest absolute Gasteiger partial charge is 0.434 e. The van der Waals surface area contributed by atoms with E-state index in [1.54, 1.807) is 7.05 Å². The van der Waals surface area contributed by atoms with Crippen LogP contribution < -0.4 is 15.4 Å². The van der Waals surface area contributed by atoms with Gasteiger partial charge in [-0.05, 0) is 37.5 Å². The van der Waals surface area contributed by atoms with E-state index in [1.165, 1.54) is 23.8 Å². The van der Waals surface area contributed by atoms with Gasteiger partial charge in [0, 0.05) is 44.3 Å². The third-order valence-electron chi connectivity index (χ3n) is 5.65. The van der Waals surface area contributed by atoms with Gasteiger partial charge in [0.2, 0.25) is 0 Å². The van der Waals surface area contributed by atoms with Gasteiger partial charge in [0.05, 0.1) is 0 Å². The molecule has 0 saturated carbocycles.